The van der Waals surface area contributed by atoms with Gasteiger partial charge in [0.25, 0.3) is 5.91 Å². The molecule has 8 heteroatoms. The van der Waals surface area contributed by atoms with Gasteiger partial charge in [-0.1, -0.05) is 11.6 Å². The summed E-state index contributed by atoms with van der Waals surface area (Å²) in [4.78, 5) is 24.2. The number of ether oxygens (including phenoxy) is 2. The zero-order valence-corrected chi connectivity index (χ0v) is 16.5. The van der Waals surface area contributed by atoms with E-state index in [1.807, 2.05) is 13.8 Å². The molecule has 0 radical (unpaired) electrons. The molecule has 0 aliphatic rings. The van der Waals surface area contributed by atoms with Crippen molar-refractivity contribution in [1.82, 2.24) is 0 Å². The van der Waals surface area contributed by atoms with E-state index in [0.29, 0.717) is 46.7 Å². The van der Waals surface area contributed by atoms with Gasteiger partial charge in [-0.25, -0.2) is 0 Å². The topological polar surface area (TPSA) is 76.7 Å². The molecule has 0 saturated heterocycles. The van der Waals surface area contributed by atoms with Crippen molar-refractivity contribution in [2.75, 3.05) is 29.7 Å². The molecule has 2 amide bonds. The number of halogens is 2. The molecule has 0 saturated carbocycles. The first-order valence-corrected chi connectivity index (χ1v) is 9.26. The van der Waals surface area contributed by atoms with Crippen LogP contribution in [0.4, 0.5) is 11.4 Å². The molecular formula is C19H20Cl2N2O4. The van der Waals surface area contributed by atoms with Crippen molar-refractivity contribution < 1.29 is 19.1 Å². The first-order chi connectivity index (χ1) is 13.0. The molecule has 6 nitrogen and oxygen atoms in total. The molecule has 27 heavy (non-hydrogen) atoms. The highest BCUT2D eigenvalue weighted by Crippen LogP contribution is 2.37. The molecule has 0 unspecified atom stereocenters. The summed E-state index contributed by atoms with van der Waals surface area (Å²) in [6.45, 7) is 4.39. The number of carbonyl (C=O) groups excluding carboxylic acids is 2. The highest BCUT2D eigenvalue weighted by Gasteiger charge is 2.16. The smallest absolute Gasteiger partial charge is 0.255 e. The van der Waals surface area contributed by atoms with Gasteiger partial charge in [0.1, 0.15) is 17.4 Å². The van der Waals surface area contributed by atoms with Crippen LogP contribution < -0.4 is 20.1 Å². The molecule has 0 aliphatic carbocycles. The predicted octanol–water partition coefficient (Wildman–Crippen LogP) is 4.57. The number of nitrogens with one attached hydrogen (secondary N) is 2. The van der Waals surface area contributed by atoms with Crippen molar-refractivity contribution >= 4 is 46.4 Å². The standard InChI is InChI=1S/C19H20Cl2N2O4/c1-3-26-16-10-15(23-19(25)12-5-7-13(21)8-6-12)17(27-4-2)9-14(16)22-18(24)11-20/h5-10H,3-4,11H2,1-2H3,(H,22,24)(H,23,25). The van der Waals surface area contributed by atoms with Crippen molar-refractivity contribution in [2.24, 2.45) is 0 Å². The zero-order chi connectivity index (χ0) is 19.8. The maximum absolute atomic E-state index is 12.5. The minimum absolute atomic E-state index is 0.190. The summed E-state index contributed by atoms with van der Waals surface area (Å²) in [5.41, 5.74) is 1.28. The summed E-state index contributed by atoms with van der Waals surface area (Å²) in [5.74, 6) is -0.102. The van der Waals surface area contributed by atoms with Crippen LogP contribution in [0.5, 0.6) is 11.5 Å². The highest BCUT2D eigenvalue weighted by atomic mass is 35.5. The molecule has 0 bridgehead atoms. The molecule has 2 aromatic rings. The van der Waals surface area contributed by atoms with E-state index in [4.69, 9.17) is 32.7 Å². The summed E-state index contributed by atoms with van der Waals surface area (Å²) in [6.07, 6.45) is 0. The normalized spacial score (nSPS) is 10.2. The second kappa shape index (κ2) is 10.0. The third-order valence-corrected chi connectivity index (χ3v) is 3.93. The van der Waals surface area contributed by atoms with Crippen molar-refractivity contribution in [1.29, 1.82) is 0 Å². The number of anilines is 2. The fourth-order valence-electron chi connectivity index (χ4n) is 2.28. The molecule has 144 valence electrons. The molecule has 0 aliphatic heterocycles. The molecule has 0 fully saturated rings. The maximum Gasteiger partial charge on any atom is 0.255 e. The van der Waals surface area contributed by atoms with Gasteiger partial charge < -0.3 is 20.1 Å². The van der Waals surface area contributed by atoms with E-state index in [9.17, 15) is 9.59 Å². The van der Waals surface area contributed by atoms with E-state index in [1.54, 1.807) is 36.4 Å². The maximum atomic E-state index is 12.5. The Morgan fingerprint density at radius 2 is 1.44 bits per heavy atom. The third kappa shape index (κ3) is 5.77. The largest absolute Gasteiger partial charge is 0.492 e. The first kappa shape index (κ1) is 20.9. The van der Waals surface area contributed by atoms with E-state index >= 15 is 0 Å². The van der Waals surface area contributed by atoms with Crippen LogP contribution in [0.2, 0.25) is 5.02 Å². The molecule has 2 N–H and O–H groups in total. The van der Waals surface area contributed by atoms with Crippen LogP contribution >= 0.6 is 23.2 Å². The Labute approximate surface area is 167 Å². The lowest BCUT2D eigenvalue weighted by Gasteiger charge is -2.17. The van der Waals surface area contributed by atoms with E-state index < -0.39 is 0 Å². The Morgan fingerprint density at radius 3 is 1.93 bits per heavy atom. The fourth-order valence-corrected chi connectivity index (χ4v) is 2.48. The molecule has 0 atom stereocenters. The second-order valence-electron chi connectivity index (χ2n) is 5.35. The average molecular weight is 411 g/mol. The molecule has 0 heterocycles. The van der Waals surface area contributed by atoms with Crippen LogP contribution in [0.1, 0.15) is 24.2 Å². The van der Waals surface area contributed by atoms with Crippen LogP contribution in [0.3, 0.4) is 0 Å². The van der Waals surface area contributed by atoms with Gasteiger partial charge in [-0.05, 0) is 38.1 Å². The van der Waals surface area contributed by atoms with Gasteiger partial charge in [-0.2, -0.15) is 0 Å². The van der Waals surface area contributed by atoms with E-state index in [0.717, 1.165) is 0 Å². The van der Waals surface area contributed by atoms with Crippen molar-refractivity contribution in [3.63, 3.8) is 0 Å². The second-order valence-corrected chi connectivity index (χ2v) is 6.06. The van der Waals surface area contributed by atoms with E-state index in [1.165, 1.54) is 0 Å². The quantitative estimate of drug-likeness (QED) is 0.624. The number of rotatable bonds is 8. The van der Waals surface area contributed by atoms with E-state index in [2.05, 4.69) is 10.6 Å². The Hall–Kier alpha value is -2.44. The van der Waals surface area contributed by atoms with Gasteiger partial charge in [0, 0.05) is 22.7 Å². The van der Waals surface area contributed by atoms with Crippen LogP contribution in [0.15, 0.2) is 36.4 Å². The lowest BCUT2D eigenvalue weighted by molar-refractivity contribution is -0.113. The van der Waals surface area contributed by atoms with Gasteiger partial charge in [0.05, 0.1) is 24.6 Å². The summed E-state index contributed by atoms with van der Waals surface area (Å²) >= 11 is 11.4. The Balaban J connectivity index is 2.37. The van der Waals surface area contributed by atoms with E-state index in [-0.39, 0.29) is 17.7 Å². The fraction of sp³-hybridized carbons (Fsp3) is 0.263. The number of alkyl halides is 1. The molecule has 0 spiro atoms. The minimum atomic E-state index is -0.377. The predicted molar refractivity (Wildman–Crippen MR) is 108 cm³/mol. The summed E-state index contributed by atoms with van der Waals surface area (Å²) < 4.78 is 11.2. The summed E-state index contributed by atoms with van der Waals surface area (Å²) in [5, 5.41) is 6.00. The van der Waals surface area contributed by atoms with Crippen LogP contribution in [-0.4, -0.2) is 30.9 Å². The van der Waals surface area contributed by atoms with Crippen LogP contribution in [0, 0.1) is 0 Å². The SMILES string of the molecule is CCOc1cc(NC(=O)c2ccc(Cl)cc2)c(OCC)cc1NC(=O)CCl. The highest BCUT2D eigenvalue weighted by molar-refractivity contribution is 6.30. The Bertz CT molecular complexity index is 810. The Morgan fingerprint density at radius 1 is 0.926 bits per heavy atom. The molecule has 0 aromatic heterocycles. The molecule has 2 rings (SSSR count). The number of carbonyl (C=O) groups is 2. The van der Waals surface area contributed by atoms with Crippen LogP contribution in [0.25, 0.3) is 0 Å². The van der Waals surface area contributed by atoms with Gasteiger partial charge >= 0.3 is 0 Å². The Kier molecular flexibility index (Phi) is 7.76. The first-order valence-electron chi connectivity index (χ1n) is 8.34. The van der Waals surface area contributed by atoms with Crippen LogP contribution in [-0.2, 0) is 4.79 Å². The van der Waals surface area contributed by atoms with Crippen molar-refractivity contribution in [3.8, 4) is 11.5 Å². The lowest BCUT2D eigenvalue weighted by atomic mass is 10.2. The molecular weight excluding hydrogens is 391 g/mol. The summed E-state index contributed by atoms with van der Waals surface area (Å²) in [7, 11) is 0. The molecule has 2 aromatic carbocycles. The zero-order valence-electron chi connectivity index (χ0n) is 15.0. The van der Waals surface area contributed by atoms with Gasteiger partial charge in [0.2, 0.25) is 5.91 Å². The average Bonchev–Trinajstić information content (AvgIpc) is 2.65. The van der Waals surface area contributed by atoms with Gasteiger partial charge in [-0.3, -0.25) is 9.59 Å². The minimum Gasteiger partial charge on any atom is -0.492 e. The number of amides is 2. The van der Waals surface area contributed by atoms with Gasteiger partial charge in [0.15, 0.2) is 0 Å². The lowest BCUT2D eigenvalue weighted by Crippen LogP contribution is -2.16. The number of hydrogen-bond acceptors (Lipinski definition) is 4. The number of hydrogen-bond donors (Lipinski definition) is 2. The monoisotopic (exact) mass is 410 g/mol. The van der Waals surface area contributed by atoms with Gasteiger partial charge in [-0.15, -0.1) is 11.6 Å². The van der Waals surface area contributed by atoms with Crippen molar-refractivity contribution in [3.05, 3.63) is 47.0 Å². The summed E-state index contributed by atoms with van der Waals surface area (Å²) in [6, 6.07) is 9.71. The number of benzene rings is 2. The van der Waals surface area contributed by atoms with Crippen molar-refractivity contribution in [2.45, 2.75) is 13.8 Å². The third-order valence-electron chi connectivity index (χ3n) is 3.43.